The molecule has 1 fully saturated rings. The number of amidine groups is 1. The van der Waals surface area contributed by atoms with Crippen LogP contribution in [0.25, 0.3) is 0 Å². The van der Waals surface area contributed by atoms with Crippen LogP contribution >= 0.6 is 0 Å². The van der Waals surface area contributed by atoms with Crippen LogP contribution in [0.4, 0.5) is 4.79 Å². The zero-order valence-corrected chi connectivity index (χ0v) is 27.2. The normalized spacial score (nSPS) is 24.1. The van der Waals surface area contributed by atoms with Crippen LogP contribution in [0.2, 0.25) is 0 Å². The molecule has 6 unspecified atom stereocenters. The van der Waals surface area contributed by atoms with E-state index >= 15 is 0 Å². The first-order valence-electron chi connectivity index (χ1n) is 15.5. The number of hydrogen-bond acceptors (Lipinski definition) is 5. The molecule has 1 aliphatic carbocycles. The number of aliphatic imine (C=N–C) groups is 1. The lowest BCUT2D eigenvalue weighted by Crippen LogP contribution is -2.57. The number of nitrogens with two attached hydrogens (primary N) is 1. The molecule has 0 spiro atoms. The van der Waals surface area contributed by atoms with Crippen LogP contribution in [0, 0.1) is 29.1 Å². The third-order valence-electron chi connectivity index (χ3n) is 9.03. The Balaban J connectivity index is 1.95. The zero-order valence-electron chi connectivity index (χ0n) is 27.2. The van der Waals surface area contributed by atoms with E-state index in [1.54, 1.807) is 6.92 Å². The molecular formula is C34H57N3O4. The van der Waals surface area contributed by atoms with Gasteiger partial charge < -0.3 is 20.5 Å². The summed E-state index contributed by atoms with van der Waals surface area (Å²) in [5.41, 5.74) is 6.48. The summed E-state index contributed by atoms with van der Waals surface area (Å²) >= 11 is 0. The SMILES string of the molecule is CCC(C)(CCC(C)C(C)C(=O)C1C(CCNC(=O)OCc2ccccc2)CC1(C)N=C(C)N)OCCC(C)(C)C. The van der Waals surface area contributed by atoms with Gasteiger partial charge in [0.2, 0.25) is 0 Å². The lowest BCUT2D eigenvalue weighted by Gasteiger charge is -2.51. The van der Waals surface area contributed by atoms with Crippen LogP contribution in [-0.4, -0.2) is 42.0 Å². The third-order valence-corrected chi connectivity index (χ3v) is 9.03. The van der Waals surface area contributed by atoms with E-state index in [0.717, 1.165) is 44.3 Å². The molecule has 41 heavy (non-hydrogen) atoms. The fraction of sp³-hybridized carbons (Fsp3) is 0.735. The summed E-state index contributed by atoms with van der Waals surface area (Å²) in [6.45, 7) is 20.6. The molecule has 1 amide bonds. The lowest BCUT2D eigenvalue weighted by molar-refractivity contribution is -0.138. The third kappa shape index (κ3) is 11.1. The molecule has 1 aliphatic rings. The van der Waals surface area contributed by atoms with Crippen LogP contribution in [0.5, 0.6) is 0 Å². The minimum absolute atomic E-state index is 0.102. The second kappa shape index (κ2) is 15.2. The van der Waals surface area contributed by atoms with E-state index in [2.05, 4.69) is 53.8 Å². The van der Waals surface area contributed by atoms with Gasteiger partial charge in [0.1, 0.15) is 12.4 Å². The molecule has 0 aromatic heterocycles. The minimum atomic E-state index is -0.504. The molecule has 0 saturated heterocycles. The van der Waals surface area contributed by atoms with Gasteiger partial charge in [-0.1, -0.05) is 71.9 Å². The van der Waals surface area contributed by atoms with Gasteiger partial charge in [-0.15, -0.1) is 0 Å². The van der Waals surface area contributed by atoms with Crippen molar-refractivity contribution in [1.82, 2.24) is 5.32 Å². The van der Waals surface area contributed by atoms with Crippen LogP contribution in [0.3, 0.4) is 0 Å². The highest BCUT2D eigenvalue weighted by Crippen LogP contribution is 2.50. The van der Waals surface area contributed by atoms with E-state index in [0.29, 0.717) is 18.8 Å². The molecule has 0 radical (unpaired) electrons. The zero-order chi connectivity index (χ0) is 30.8. The number of alkyl carbamates (subject to hydrolysis) is 1. The number of benzene rings is 1. The van der Waals surface area contributed by atoms with Crippen LogP contribution in [-0.2, 0) is 20.9 Å². The Kier molecular flexibility index (Phi) is 12.9. The first-order valence-corrected chi connectivity index (χ1v) is 15.5. The number of hydrogen-bond donors (Lipinski definition) is 2. The molecule has 0 heterocycles. The van der Waals surface area contributed by atoms with Gasteiger partial charge in [0, 0.05) is 25.0 Å². The molecular weight excluding hydrogens is 514 g/mol. The average Bonchev–Trinajstić information content (AvgIpc) is 2.89. The quantitative estimate of drug-likeness (QED) is 0.160. The van der Waals surface area contributed by atoms with Gasteiger partial charge in [0.05, 0.1) is 17.0 Å². The Morgan fingerprint density at radius 1 is 1.15 bits per heavy atom. The van der Waals surface area contributed by atoms with E-state index in [-0.39, 0.29) is 47.1 Å². The molecule has 7 heteroatoms. The smallest absolute Gasteiger partial charge is 0.407 e. The summed E-state index contributed by atoms with van der Waals surface area (Å²) in [7, 11) is 0. The summed E-state index contributed by atoms with van der Waals surface area (Å²) in [4.78, 5) is 30.9. The summed E-state index contributed by atoms with van der Waals surface area (Å²) in [5.74, 6) is 0.787. The van der Waals surface area contributed by atoms with E-state index in [1.807, 2.05) is 37.3 Å². The molecule has 3 N–H and O–H groups in total. The second-order valence-corrected chi connectivity index (χ2v) is 14.0. The standard InChI is InChI=1S/C34H57N3O4/c1-10-33(8,41-21-19-32(5,6)7)18-16-24(2)25(3)30(38)29-28(22-34(29,9)37-26(4)35)17-20-36-31(39)40-23-27-14-12-11-13-15-27/h11-15,24-25,28-29H,10,16-23H2,1-9H3,(H2,35,37)(H,36,39). The van der Waals surface area contributed by atoms with Gasteiger partial charge in [0.25, 0.3) is 0 Å². The van der Waals surface area contributed by atoms with Gasteiger partial charge in [-0.05, 0) is 82.1 Å². The van der Waals surface area contributed by atoms with Crippen molar-refractivity contribution < 1.29 is 19.1 Å². The van der Waals surface area contributed by atoms with Crippen molar-refractivity contribution >= 4 is 17.7 Å². The Morgan fingerprint density at radius 2 is 1.80 bits per heavy atom. The molecule has 232 valence electrons. The summed E-state index contributed by atoms with van der Waals surface area (Å²) in [6, 6.07) is 9.60. The summed E-state index contributed by atoms with van der Waals surface area (Å²) in [6.07, 6.45) is 4.84. The van der Waals surface area contributed by atoms with Crippen molar-refractivity contribution in [2.75, 3.05) is 13.2 Å². The Bertz CT molecular complexity index is 1000. The largest absolute Gasteiger partial charge is 0.445 e. The van der Waals surface area contributed by atoms with Crippen molar-refractivity contribution in [3.8, 4) is 0 Å². The number of rotatable bonds is 16. The molecule has 1 saturated carbocycles. The first kappa shape index (κ1) is 34.8. The maximum absolute atomic E-state index is 14.0. The number of nitrogens with one attached hydrogen (secondary N) is 1. The van der Waals surface area contributed by atoms with Gasteiger partial charge in [-0.25, -0.2) is 4.79 Å². The minimum Gasteiger partial charge on any atom is -0.445 e. The van der Waals surface area contributed by atoms with Crippen molar-refractivity contribution in [3.63, 3.8) is 0 Å². The highest BCUT2D eigenvalue weighted by molar-refractivity contribution is 5.87. The highest BCUT2D eigenvalue weighted by Gasteiger charge is 2.55. The Morgan fingerprint density at radius 3 is 2.39 bits per heavy atom. The monoisotopic (exact) mass is 571 g/mol. The maximum atomic E-state index is 14.0. The van der Waals surface area contributed by atoms with Crippen LogP contribution in [0.1, 0.15) is 106 Å². The lowest BCUT2D eigenvalue weighted by atomic mass is 9.55. The highest BCUT2D eigenvalue weighted by atomic mass is 16.5. The van der Waals surface area contributed by atoms with Crippen molar-refractivity contribution in [2.24, 2.45) is 39.8 Å². The van der Waals surface area contributed by atoms with E-state index in [4.69, 9.17) is 20.2 Å². The molecule has 7 nitrogen and oxygen atoms in total. The Labute approximate surface area is 249 Å². The van der Waals surface area contributed by atoms with Gasteiger partial charge in [0.15, 0.2) is 0 Å². The van der Waals surface area contributed by atoms with E-state index in [1.165, 1.54) is 0 Å². The maximum Gasteiger partial charge on any atom is 0.407 e. The number of carbonyl (C=O) groups is 2. The number of ether oxygens (including phenoxy) is 2. The molecule has 6 atom stereocenters. The predicted molar refractivity (Wildman–Crippen MR) is 168 cm³/mol. The van der Waals surface area contributed by atoms with Gasteiger partial charge in [-0.3, -0.25) is 9.79 Å². The average molecular weight is 572 g/mol. The fourth-order valence-electron chi connectivity index (χ4n) is 5.88. The predicted octanol–water partition coefficient (Wildman–Crippen LogP) is 7.32. The number of Topliss-reactive ketones (excluding diaryl/α,β-unsaturated/α-hetero) is 1. The van der Waals surface area contributed by atoms with Crippen LogP contribution < -0.4 is 11.1 Å². The summed E-state index contributed by atoms with van der Waals surface area (Å²) in [5, 5.41) is 2.85. The van der Waals surface area contributed by atoms with E-state index in [9.17, 15) is 9.59 Å². The van der Waals surface area contributed by atoms with Crippen LogP contribution in [0.15, 0.2) is 35.3 Å². The molecule has 1 aromatic rings. The molecule has 2 rings (SSSR count). The van der Waals surface area contributed by atoms with Crippen molar-refractivity contribution in [2.45, 2.75) is 119 Å². The number of amides is 1. The van der Waals surface area contributed by atoms with Crippen molar-refractivity contribution in [3.05, 3.63) is 35.9 Å². The first-order chi connectivity index (χ1) is 19.1. The second-order valence-electron chi connectivity index (χ2n) is 14.0. The van der Waals surface area contributed by atoms with Crippen molar-refractivity contribution in [1.29, 1.82) is 0 Å². The number of nitrogens with zero attached hydrogens (tertiary/aromatic N) is 1. The fourth-order valence-corrected chi connectivity index (χ4v) is 5.88. The Hall–Kier alpha value is -2.41. The van der Waals surface area contributed by atoms with Gasteiger partial charge >= 0.3 is 6.09 Å². The summed E-state index contributed by atoms with van der Waals surface area (Å²) < 4.78 is 11.7. The molecule has 0 aliphatic heterocycles. The molecule has 1 aromatic carbocycles. The molecule has 0 bridgehead atoms. The van der Waals surface area contributed by atoms with Gasteiger partial charge in [-0.2, -0.15) is 0 Å². The topological polar surface area (TPSA) is 103 Å². The number of ketones is 1. The van der Waals surface area contributed by atoms with E-state index < -0.39 is 11.6 Å². The number of carbonyl (C=O) groups excluding carboxylic acids is 2.